The summed E-state index contributed by atoms with van der Waals surface area (Å²) in [6.45, 7) is 0. The van der Waals surface area contributed by atoms with Gasteiger partial charge in [-0.3, -0.25) is 0 Å². The van der Waals surface area contributed by atoms with Gasteiger partial charge in [-0.25, -0.2) is 0 Å². The van der Waals surface area contributed by atoms with Crippen LogP contribution in [0.5, 0.6) is 0 Å². The molecule has 0 radical (unpaired) electrons. The van der Waals surface area contributed by atoms with Crippen molar-refractivity contribution in [1.29, 1.82) is 0 Å². The minimum Gasteiger partial charge on any atom is -0.456 e. The van der Waals surface area contributed by atoms with Gasteiger partial charge in [-0.2, -0.15) is 0 Å². The summed E-state index contributed by atoms with van der Waals surface area (Å²) in [5, 5.41) is 4.73. The molecule has 0 unspecified atom stereocenters. The van der Waals surface area contributed by atoms with Crippen molar-refractivity contribution < 1.29 is 4.42 Å². The predicted molar refractivity (Wildman–Crippen MR) is 239 cm³/mol. The molecule has 9 aromatic carbocycles. The topological polar surface area (TPSA) is 21.3 Å². The Kier molecular flexibility index (Phi) is 7.82. The summed E-state index contributed by atoms with van der Waals surface area (Å²) in [4.78, 5) is 2.40. The minimum absolute atomic E-state index is 0.880. The number of anilines is 3. The molecule has 0 saturated carbocycles. The van der Waals surface area contributed by atoms with Gasteiger partial charge in [0.1, 0.15) is 11.2 Å². The third-order valence-electron chi connectivity index (χ3n) is 11.2. The molecule has 0 fully saturated rings. The first kappa shape index (κ1) is 32.8. The molecule has 0 atom stereocenters. The number of aromatic nitrogens is 1. The standard InChI is InChI=1S/C54H36N2O/c1-2-16-37(17-3-1)42-20-4-5-21-43(42)38-18-14-19-41(36-38)55(39-32-34-40(35-33-39)56-50-28-11-6-22-44(50)45-23-7-12-29-51(45)56)49-27-10-8-24-46(49)47-26-15-31-53-54(47)48-25-9-13-30-52(48)57-53/h1-36H. The fourth-order valence-electron chi connectivity index (χ4n) is 8.69. The second-order valence-corrected chi connectivity index (χ2v) is 14.5. The summed E-state index contributed by atoms with van der Waals surface area (Å²) in [7, 11) is 0. The van der Waals surface area contributed by atoms with Crippen LogP contribution in [0.15, 0.2) is 223 Å². The summed E-state index contributed by atoms with van der Waals surface area (Å²) in [6, 6.07) is 78.1. The molecule has 3 nitrogen and oxygen atoms in total. The Balaban J connectivity index is 1.12. The number of para-hydroxylation sites is 4. The molecule has 0 spiro atoms. The summed E-state index contributed by atoms with van der Waals surface area (Å²) in [6.07, 6.45) is 0. The van der Waals surface area contributed by atoms with Crippen molar-refractivity contribution in [2.45, 2.75) is 0 Å². The zero-order valence-electron chi connectivity index (χ0n) is 31.1. The van der Waals surface area contributed by atoms with Crippen molar-refractivity contribution in [2.75, 3.05) is 4.90 Å². The first-order valence-corrected chi connectivity index (χ1v) is 19.4. The van der Waals surface area contributed by atoms with E-state index in [0.29, 0.717) is 0 Å². The van der Waals surface area contributed by atoms with E-state index in [1.54, 1.807) is 0 Å². The third kappa shape index (κ3) is 5.51. The van der Waals surface area contributed by atoms with E-state index < -0.39 is 0 Å². The summed E-state index contributed by atoms with van der Waals surface area (Å²) < 4.78 is 8.76. The van der Waals surface area contributed by atoms with Crippen molar-refractivity contribution in [3.63, 3.8) is 0 Å². The normalized spacial score (nSPS) is 11.5. The number of rotatable bonds is 7. The first-order chi connectivity index (χ1) is 28.3. The number of hydrogen-bond donors (Lipinski definition) is 0. The smallest absolute Gasteiger partial charge is 0.136 e. The molecule has 0 aliphatic heterocycles. The molecule has 57 heavy (non-hydrogen) atoms. The van der Waals surface area contributed by atoms with Crippen LogP contribution in [-0.4, -0.2) is 4.57 Å². The van der Waals surface area contributed by atoms with Gasteiger partial charge in [0.25, 0.3) is 0 Å². The monoisotopic (exact) mass is 728 g/mol. The molecule has 0 aliphatic rings. The summed E-state index contributed by atoms with van der Waals surface area (Å²) in [5.74, 6) is 0. The molecule has 2 aromatic heterocycles. The number of hydrogen-bond acceptors (Lipinski definition) is 2. The molecule has 11 rings (SSSR count). The van der Waals surface area contributed by atoms with Crippen molar-refractivity contribution in [3.8, 4) is 39.1 Å². The highest BCUT2D eigenvalue weighted by atomic mass is 16.3. The Hall–Kier alpha value is -7.62. The summed E-state index contributed by atoms with van der Waals surface area (Å²) in [5.41, 5.74) is 15.5. The lowest BCUT2D eigenvalue weighted by Crippen LogP contribution is -2.11. The summed E-state index contributed by atoms with van der Waals surface area (Å²) >= 11 is 0. The van der Waals surface area contributed by atoms with Gasteiger partial charge in [0.2, 0.25) is 0 Å². The molecule has 0 bridgehead atoms. The molecule has 0 N–H and O–H groups in total. The van der Waals surface area contributed by atoms with Crippen LogP contribution in [0.1, 0.15) is 0 Å². The van der Waals surface area contributed by atoms with Crippen LogP contribution < -0.4 is 4.90 Å². The quantitative estimate of drug-likeness (QED) is 0.163. The lowest BCUT2D eigenvalue weighted by atomic mass is 9.94. The average Bonchev–Trinajstić information content (AvgIpc) is 3.84. The Morgan fingerprint density at radius 2 is 0.895 bits per heavy atom. The lowest BCUT2D eigenvalue weighted by molar-refractivity contribution is 0.669. The zero-order chi connectivity index (χ0) is 37.7. The second-order valence-electron chi connectivity index (χ2n) is 14.5. The molecule has 268 valence electrons. The predicted octanol–water partition coefficient (Wildman–Crippen LogP) is 15.2. The number of furan rings is 1. The van der Waals surface area contributed by atoms with E-state index in [4.69, 9.17) is 4.42 Å². The van der Waals surface area contributed by atoms with Gasteiger partial charge < -0.3 is 13.9 Å². The van der Waals surface area contributed by atoms with E-state index in [-0.39, 0.29) is 0 Å². The molecular formula is C54H36N2O. The van der Waals surface area contributed by atoms with Gasteiger partial charge in [-0.15, -0.1) is 0 Å². The molecule has 0 aliphatic carbocycles. The van der Waals surface area contributed by atoms with Crippen LogP contribution >= 0.6 is 0 Å². The average molecular weight is 729 g/mol. The van der Waals surface area contributed by atoms with E-state index >= 15 is 0 Å². The third-order valence-corrected chi connectivity index (χ3v) is 11.2. The van der Waals surface area contributed by atoms with Crippen molar-refractivity contribution in [2.24, 2.45) is 0 Å². The fraction of sp³-hybridized carbons (Fsp3) is 0. The lowest BCUT2D eigenvalue weighted by Gasteiger charge is -2.29. The highest BCUT2D eigenvalue weighted by Crippen LogP contribution is 2.46. The van der Waals surface area contributed by atoms with Crippen LogP contribution in [0.3, 0.4) is 0 Å². The van der Waals surface area contributed by atoms with Gasteiger partial charge in [0, 0.05) is 44.2 Å². The Labute approximate surface area is 330 Å². The first-order valence-electron chi connectivity index (χ1n) is 19.4. The Morgan fingerprint density at radius 1 is 0.351 bits per heavy atom. The highest BCUT2D eigenvalue weighted by Gasteiger charge is 2.21. The Morgan fingerprint density at radius 3 is 1.65 bits per heavy atom. The highest BCUT2D eigenvalue weighted by molar-refractivity contribution is 6.14. The second kappa shape index (κ2) is 13.6. The largest absolute Gasteiger partial charge is 0.456 e. The maximum absolute atomic E-state index is 6.39. The van der Waals surface area contributed by atoms with E-state index in [0.717, 1.165) is 61.4 Å². The zero-order valence-corrected chi connectivity index (χ0v) is 31.1. The molecule has 0 saturated heterocycles. The maximum atomic E-state index is 6.39. The Bertz CT molecular complexity index is 3190. The molecule has 3 heteroatoms. The molecular weight excluding hydrogens is 693 g/mol. The van der Waals surface area contributed by atoms with E-state index in [2.05, 4.69) is 222 Å². The van der Waals surface area contributed by atoms with Crippen molar-refractivity contribution in [1.82, 2.24) is 4.57 Å². The number of nitrogens with zero attached hydrogens (tertiary/aromatic N) is 2. The van der Waals surface area contributed by atoms with Gasteiger partial charge >= 0.3 is 0 Å². The van der Waals surface area contributed by atoms with Gasteiger partial charge in [0.15, 0.2) is 0 Å². The molecule has 2 heterocycles. The SMILES string of the molecule is c1ccc(-c2ccccc2-c2cccc(N(c3ccc(-n4c5ccccc5c5ccccc54)cc3)c3ccccc3-c3cccc4oc5ccccc5c34)c2)cc1. The maximum Gasteiger partial charge on any atom is 0.136 e. The van der Waals surface area contributed by atoms with Crippen LogP contribution in [-0.2, 0) is 0 Å². The number of benzene rings is 9. The fourth-order valence-corrected chi connectivity index (χ4v) is 8.69. The van der Waals surface area contributed by atoms with Crippen LogP contribution in [0, 0.1) is 0 Å². The van der Waals surface area contributed by atoms with E-state index in [1.807, 2.05) is 6.07 Å². The van der Waals surface area contributed by atoms with Crippen molar-refractivity contribution in [3.05, 3.63) is 218 Å². The van der Waals surface area contributed by atoms with Gasteiger partial charge in [0.05, 0.1) is 16.7 Å². The molecule has 11 aromatic rings. The minimum atomic E-state index is 0.880. The number of fused-ring (bicyclic) bond motifs is 6. The van der Waals surface area contributed by atoms with E-state index in [1.165, 1.54) is 38.5 Å². The molecule has 0 amide bonds. The van der Waals surface area contributed by atoms with Crippen LogP contribution in [0.25, 0.3) is 82.8 Å². The van der Waals surface area contributed by atoms with Gasteiger partial charge in [-0.1, -0.05) is 152 Å². The van der Waals surface area contributed by atoms with Crippen LogP contribution in [0.4, 0.5) is 17.1 Å². The van der Waals surface area contributed by atoms with Crippen LogP contribution in [0.2, 0.25) is 0 Å². The van der Waals surface area contributed by atoms with Crippen molar-refractivity contribution >= 4 is 60.8 Å². The van der Waals surface area contributed by atoms with E-state index in [9.17, 15) is 0 Å². The van der Waals surface area contributed by atoms with Gasteiger partial charge in [-0.05, 0) is 94.5 Å².